The van der Waals surface area contributed by atoms with Crippen LogP contribution in [0, 0.1) is 24.2 Å². The van der Waals surface area contributed by atoms with E-state index in [0.717, 1.165) is 17.7 Å². The van der Waals surface area contributed by atoms with Gasteiger partial charge in [0.15, 0.2) is 0 Å². The Morgan fingerprint density at radius 1 is 1.44 bits per heavy atom. The minimum Gasteiger partial charge on any atom is -0.371 e. The fraction of sp³-hybridized carbons (Fsp3) is 0.533. The number of hydrogen-bond acceptors (Lipinski definition) is 3. The minimum absolute atomic E-state index is 0.544. The first kappa shape index (κ1) is 12.9. The summed E-state index contributed by atoms with van der Waals surface area (Å²) in [6.07, 6.45) is 3.73. The highest BCUT2D eigenvalue weighted by Gasteiger charge is 2.29. The maximum absolute atomic E-state index is 8.96. The summed E-state index contributed by atoms with van der Waals surface area (Å²) >= 11 is 0. The van der Waals surface area contributed by atoms with Crippen LogP contribution in [-0.4, -0.2) is 19.6 Å². The van der Waals surface area contributed by atoms with Crippen molar-refractivity contribution >= 4 is 5.69 Å². The number of hydrogen-bond donors (Lipinski definition) is 1. The molecule has 0 aromatic heterocycles. The van der Waals surface area contributed by atoms with E-state index in [9.17, 15) is 0 Å². The Hall–Kier alpha value is -1.53. The third kappa shape index (κ3) is 2.34. The second-order valence-corrected chi connectivity index (χ2v) is 5.22. The molecule has 18 heavy (non-hydrogen) atoms. The molecule has 96 valence electrons. The lowest BCUT2D eigenvalue weighted by molar-refractivity contribution is 0.474. The van der Waals surface area contributed by atoms with E-state index < -0.39 is 0 Å². The van der Waals surface area contributed by atoms with Crippen molar-refractivity contribution in [2.24, 2.45) is 11.7 Å². The van der Waals surface area contributed by atoms with Crippen molar-refractivity contribution in [2.75, 3.05) is 18.5 Å². The number of nitrogens with zero attached hydrogens (tertiary/aromatic N) is 2. The van der Waals surface area contributed by atoms with Crippen molar-refractivity contribution < 1.29 is 0 Å². The molecule has 1 aliphatic carbocycles. The van der Waals surface area contributed by atoms with Gasteiger partial charge in [-0.3, -0.25) is 0 Å². The topological polar surface area (TPSA) is 53.0 Å². The third-order valence-electron chi connectivity index (χ3n) is 4.16. The van der Waals surface area contributed by atoms with Crippen LogP contribution in [0.4, 0.5) is 5.69 Å². The molecular weight excluding hydrogens is 222 g/mol. The van der Waals surface area contributed by atoms with Gasteiger partial charge in [0, 0.05) is 18.8 Å². The highest BCUT2D eigenvalue weighted by Crippen LogP contribution is 2.32. The van der Waals surface area contributed by atoms with Crippen LogP contribution in [0.1, 0.15) is 30.4 Å². The summed E-state index contributed by atoms with van der Waals surface area (Å²) < 4.78 is 0. The molecule has 1 fully saturated rings. The van der Waals surface area contributed by atoms with Gasteiger partial charge in [0.1, 0.15) is 0 Å². The molecule has 3 nitrogen and oxygen atoms in total. The van der Waals surface area contributed by atoms with E-state index in [1.807, 2.05) is 19.1 Å². The molecule has 0 bridgehead atoms. The molecule has 2 atom stereocenters. The fourth-order valence-corrected chi connectivity index (χ4v) is 2.99. The van der Waals surface area contributed by atoms with E-state index in [2.05, 4.69) is 24.1 Å². The van der Waals surface area contributed by atoms with E-state index >= 15 is 0 Å². The molecule has 0 spiro atoms. The van der Waals surface area contributed by atoms with Crippen LogP contribution >= 0.6 is 0 Å². The zero-order valence-corrected chi connectivity index (χ0v) is 11.2. The molecule has 0 heterocycles. The molecule has 0 saturated heterocycles. The van der Waals surface area contributed by atoms with Crippen molar-refractivity contribution in [1.29, 1.82) is 5.26 Å². The van der Waals surface area contributed by atoms with Gasteiger partial charge in [-0.05, 0) is 56.0 Å². The van der Waals surface area contributed by atoms with Crippen LogP contribution in [0.25, 0.3) is 0 Å². The van der Waals surface area contributed by atoms with Crippen molar-refractivity contribution in [3.63, 3.8) is 0 Å². The Kier molecular flexibility index (Phi) is 3.88. The standard InChI is InChI=1S/C15H21N3/c1-11-8-14(7-6-12(11)9-16)18(2)15-5-3-4-13(15)10-17/h6-8,13,15H,3-5,10,17H2,1-2H3. The molecule has 0 amide bonds. The molecule has 0 aliphatic heterocycles. The average molecular weight is 243 g/mol. The SMILES string of the molecule is Cc1cc(N(C)C2CCCC2CN)ccc1C#N. The second kappa shape index (κ2) is 5.41. The predicted molar refractivity (Wildman–Crippen MR) is 74.5 cm³/mol. The quantitative estimate of drug-likeness (QED) is 0.887. The van der Waals surface area contributed by atoms with Crippen LogP contribution in [0.2, 0.25) is 0 Å². The fourth-order valence-electron chi connectivity index (χ4n) is 2.99. The Bertz CT molecular complexity index is 461. The first-order valence-electron chi connectivity index (χ1n) is 6.61. The number of aryl methyl sites for hydroxylation is 1. The molecule has 1 saturated carbocycles. The van der Waals surface area contributed by atoms with Crippen LogP contribution in [0.3, 0.4) is 0 Å². The maximum atomic E-state index is 8.96. The monoisotopic (exact) mass is 243 g/mol. The smallest absolute Gasteiger partial charge is 0.0994 e. The van der Waals surface area contributed by atoms with Crippen molar-refractivity contribution in [1.82, 2.24) is 0 Å². The molecule has 0 radical (unpaired) electrons. The number of rotatable bonds is 3. The molecule has 3 heteroatoms. The summed E-state index contributed by atoms with van der Waals surface area (Å²) in [5.74, 6) is 0.603. The van der Waals surface area contributed by atoms with Crippen LogP contribution < -0.4 is 10.6 Å². The van der Waals surface area contributed by atoms with Crippen molar-refractivity contribution in [3.8, 4) is 6.07 Å². The number of nitriles is 1. The highest BCUT2D eigenvalue weighted by atomic mass is 15.1. The minimum atomic E-state index is 0.544. The lowest BCUT2D eigenvalue weighted by Gasteiger charge is -2.31. The summed E-state index contributed by atoms with van der Waals surface area (Å²) in [6, 6.07) is 8.81. The lowest BCUT2D eigenvalue weighted by Crippen LogP contribution is -2.37. The molecule has 1 aromatic carbocycles. The Morgan fingerprint density at radius 2 is 2.22 bits per heavy atom. The highest BCUT2D eigenvalue weighted by molar-refractivity contribution is 5.53. The van der Waals surface area contributed by atoms with E-state index in [-0.39, 0.29) is 0 Å². The summed E-state index contributed by atoms with van der Waals surface area (Å²) in [4.78, 5) is 2.33. The van der Waals surface area contributed by atoms with E-state index in [4.69, 9.17) is 11.0 Å². The normalized spacial score (nSPS) is 22.8. The van der Waals surface area contributed by atoms with Gasteiger partial charge < -0.3 is 10.6 Å². The van der Waals surface area contributed by atoms with Gasteiger partial charge in [0.2, 0.25) is 0 Å². The molecule has 1 aromatic rings. The maximum Gasteiger partial charge on any atom is 0.0994 e. The average Bonchev–Trinajstić information content (AvgIpc) is 2.86. The summed E-state index contributed by atoms with van der Waals surface area (Å²) in [7, 11) is 2.14. The largest absolute Gasteiger partial charge is 0.371 e. The van der Waals surface area contributed by atoms with Gasteiger partial charge in [-0.2, -0.15) is 5.26 Å². The Morgan fingerprint density at radius 3 is 2.83 bits per heavy atom. The predicted octanol–water partition coefficient (Wildman–Crippen LogP) is 2.43. The van der Waals surface area contributed by atoms with E-state index in [0.29, 0.717) is 12.0 Å². The van der Waals surface area contributed by atoms with Gasteiger partial charge in [-0.25, -0.2) is 0 Å². The lowest BCUT2D eigenvalue weighted by atomic mass is 10.0. The van der Waals surface area contributed by atoms with Crippen LogP contribution in [0.5, 0.6) is 0 Å². The van der Waals surface area contributed by atoms with Gasteiger partial charge in [0.25, 0.3) is 0 Å². The van der Waals surface area contributed by atoms with Crippen LogP contribution in [0.15, 0.2) is 18.2 Å². The van der Waals surface area contributed by atoms with E-state index in [1.165, 1.54) is 24.9 Å². The Labute approximate surface area is 109 Å². The molecule has 2 N–H and O–H groups in total. The van der Waals surface area contributed by atoms with Gasteiger partial charge in [-0.15, -0.1) is 0 Å². The van der Waals surface area contributed by atoms with Crippen LogP contribution in [-0.2, 0) is 0 Å². The molecular formula is C15H21N3. The third-order valence-corrected chi connectivity index (χ3v) is 4.16. The summed E-state index contributed by atoms with van der Waals surface area (Å²) in [5.41, 5.74) is 8.84. The first-order chi connectivity index (χ1) is 8.67. The van der Waals surface area contributed by atoms with Gasteiger partial charge in [0.05, 0.1) is 11.6 Å². The zero-order valence-electron chi connectivity index (χ0n) is 11.2. The van der Waals surface area contributed by atoms with Gasteiger partial charge in [-0.1, -0.05) is 6.42 Å². The molecule has 2 rings (SSSR count). The summed E-state index contributed by atoms with van der Waals surface area (Å²) in [5, 5.41) is 8.96. The second-order valence-electron chi connectivity index (χ2n) is 5.22. The number of nitrogens with two attached hydrogens (primary N) is 1. The number of anilines is 1. The molecule has 2 unspecified atom stereocenters. The first-order valence-corrected chi connectivity index (χ1v) is 6.61. The Balaban J connectivity index is 2.21. The van der Waals surface area contributed by atoms with Crippen molar-refractivity contribution in [2.45, 2.75) is 32.2 Å². The van der Waals surface area contributed by atoms with E-state index in [1.54, 1.807) is 0 Å². The van der Waals surface area contributed by atoms with Crippen molar-refractivity contribution in [3.05, 3.63) is 29.3 Å². The summed E-state index contributed by atoms with van der Waals surface area (Å²) in [6.45, 7) is 2.76. The van der Waals surface area contributed by atoms with Gasteiger partial charge >= 0.3 is 0 Å². The zero-order chi connectivity index (χ0) is 13.1. The number of benzene rings is 1. The molecule has 1 aliphatic rings.